The van der Waals surface area contributed by atoms with E-state index in [1.54, 1.807) is 6.20 Å². The molecule has 1 aromatic rings. The highest BCUT2D eigenvalue weighted by Gasteiger charge is 2.38. The van der Waals surface area contributed by atoms with Gasteiger partial charge in [-0.15, -0.1) is 0 Å². The van der Waals surface area contributed by atoms with E-state index in [0.717, 1.165) is 0 Å². The second-order valence-corrected chi connectivity index (χ2v) is 8.85. The smallest absolute Gasteiger partial charge is 0.326 e. The van der Waals surface area contributed by atoms with Crippen LogP contribution in [0.4, 0.5) is 0 Å². The zero-order chi connectivity index (χ0) is 23.7. The van der Waals surface area contributed by atoms with Gasteiger partial charge in [-0.1, -0.05) is 0 Å². The Labute approximate surface area is 196 Å². The summed E-state index contributed by atoms with van der Waals surface area (Å²) in [5.74, 6) is -2.01. The van der Waals surface area contributed by atoms with Crippen LogP contribution in [0.1, 0.15) is 25.0 Å². The molecule has 3 amide bonds. The molecule has 4 unspecified atom stereocenters. The average molecular weight is 487 g/mol. The van der Waals surface area contributed by atoms with E-state index >= 15 is 0 Å². The van der Waals surface area contributed by atoms with Gasteiger partial charge in [-0.25, -0.2) is 9.78 Å². The number of carbonyl (C=O) groups is 4. The number of nitrogens with one attached hydrogen (secondary N) is 3. The van der Waals surface area contributed by atoms with Crippen LogP contribution in [-0.2, 0) is 25.6 Å². The third-order valence-corrected chi connectivity index (χ3v) is 6.20. The molecule has 0 aromatic carbocycles. The summed E-state index contributed by atoms with van der Waals surface area (Å²) in [4.78, 5) is 57.8. The van der Waals surface area contributed by atoms with Gasteiger partial charge in [-0.2, -0.15) is 24.4 Å². The summed E-state index contributed by atoms with van der Waals surface area (Å²) in [5.41, 5.74) is 6.60. The Morgan fingerprint density at radius 1 is 1.34 bits per heavy atom. The first-order valence-corrected chi connectivity index (χ1v) is 12.3. The summed E-state index contributed by atoms with van der Waals surface area (Å²) in [6, 6.07) is -3.69. The molecule has 6 N–H and O–H groups in total. The first-order chi connectivity index (χ1) is 15.3. The van der Waals surface area contributed by atoms with Gasteiger partial charge >= 0.3 is 5.97 Å². The predicted molar refractivity (Wildman–Crippen MR) is 123 cm³/mol. The molecule has 0 bridgehead atoms. The summed E-state index contributed by atoms with van der Waals surface area (Å²) in [7, 11) is 0. The lowest BCUT2D eigenvalue weighted by Crippen LogP contribution is -2.58. The molecule has 1 aromatic heterocycles. The molecule has 0 saturated carbocycles. The molecule has 1 saturated heterocycles. The minimum absolute atomic E-state index is 0.000740. The van der Waals surface area contributed by atoms with E-state index in [1.807, 2.05) is 6.26 Å². The van der Waals surface area contributed by atoms with Crippen molar-refractivity contribution in [3.8, 4) is 0 Å². The summed E-state index contributed by atoms with van der Waals surface area (Å²) in [5, 5.41) is 14.6. The second kappa shape index (κ2) is 12.7. The van der Waals surface area contributed by atoms with Gasteiger partial charge in [0.25, 0.3) is 0 Å². The van der Waals surface area contributed by atoms with Gasteiger partial charge in [0, 0.05) is 30.6 Å². The average Bonchev–Trinajstić information content (AvgIpc) is 3.46. The van der Waals surface area contributed by atoms with Gasteiger partial charge < -0.3 is 31.4 Å². The number of nitrogens with zero attached hydrogens (tertiary/aromatic N) is 2. The molecule has 1 aliphatic heterocycles. The fourth-order valence-corrected chi connectivity index (χ4v) is 4.18. The van der Waals surface area contributed by atoms with Crippen molar-refractivity contribution in [1.82, 2.24) is 25.5 Å². The Bertz CT molecular complexity index is 793. The third-order valence-electron chi connectivity index (χ3n) is 5.19. The molecular formula is C19H30N6O5S2. The number of carboxylic acids is 1. The van der Waals surface area contributed by atoms with Crippen molar-refractivity contribution in [1.29, 1.82) is 0 Å². The zero-order valence-electron chi connectivity index (χ0n) is 17.8. The lowest BCUT2D eigenvalue weighted by atomic mass is 10.1. The molecule has 32 heavy (non-hydrogen) atoms. The van der Waals surface area contributed by atoms with Crippen molar-refractivity contribution >= 4 is 48.1 Å². The van der Waals surface area contributed by atoms with Crippen LogP contribution in [0.3, 0.4) is 0 Å². The fraction of sp³-hybridized carbons (Fsp3) is 0.632. The van der Waals surface area contributed by atoms with Gasteiger partial charge in [-0.3, -0.25) is 14.4 Å². The number of hydrogen-bond donors (Lipinski definition) is 6. The van der Waals surface area contributed by atoms with Crippen molar-refractivity contribution in [3.05, 3.63) is 18.2 Å². The SMILES string of the molecule is CSCCC(NC(=O)C(CS)NC(=O)C(N)Cc1cnc[nH]1)C(=O)N1CCCC1C(=O)O. The van der Waals surface area contributed by atoms with Crippen LogP contribution in [0.15, 0.2) is 12.5 Å². The number of carboxylic acid groups (broad SMARTS) is 1. The Kier molecular flexibility index (Phi) is 10.3. The van der Waals surface area contributed by atoms with E-state index in [4.69, 9.17) is 5.73 Å². The van der Waals surface area contributed by atoms with Crippen molar-refractivity contribution in [2.45, 2.75) is 49.9 Å². The molecule has 13 heteroatoms. The minimum atomic E-state index is -1.06. The van der Waals surface area contributed by atoms with Crippen LogP contribution in [0.5, 0.6) is 0 Å². The molecule has 0 radical (unpaired) electrons. The Balaban J connectivity index is 2.01. The van der Waals surface area contributed by atoms with Gasteiger partial charge in [0.15, 0.2) is 0 Å². The first-order valence-electron chi connectivity index (χ1n) is 10.2. The number of amides is 3. The number of aromatic nitrogens is 2. The van der Waals surface area contributed by atoms with Crippen LogP contribution in [0.25, 0.3) is 0 Å². The van der Waals surface area contributed by atoms with Crippen molar-refractivity contribution in [2.24, 2.45) is 5.73 Å². The van der Waals surface area contributed by atoms with Crippen LogP contribution in [0, 0.1) is 0 Å². The van der Waals surface area contributed by atoms with Gasteiger partial charge in [0.1, 0.15) is 18.1 Å². The Hall–Kier alpha value is -2.25. The number of aliphatic carboxylic acids is 1. The van der Waals surface area contributed by atoms with Crippen molar-refractivity contribution in [2.75, 3.05) is 24.3 Å². The maximum absolute atomic E-state index is 13.0. The molecule has 4 atom stereocenters. The standard InChI is InChI=1S/C19H30N6O5S2/c1-32-6-4-13(18(28)25-5-2-3-15(25)19(29)30)23-17(27)14(9-31)24-16(26)12(20)7-11-8-21-10-22-11/h8,10,12-15,31H,2-7,9,20H2,1H3,(H,21,22)(H,23,27)(H,24,26)(H,29,30). The normalized spacial score (nSPS) is 18.6. The molecule has 11 nitrogen and oxygen atoms in total. The number of likely N-dealkylation sites (tertiary alicyclic amines) is 1. The van der Waals surface area contributed by atoms with Gasteiger partial charge in [0.2, 0.25) is 17.7 Å². The molecule has 2 heterocycles. The van der Waals surface area contributed by atoms with E-state index in [0.29, 0.717) is 37.3 Å². The minimum Gasteiger partial charge on any atom is -0.480 e. The largest absolute Gasteiger partial charge is 0.480 e. The number of aromatic amines is 1. The topological polar surface area (TPSA) is 171 Å². The summed E-state index contributed by atoms with van der Waals surface area (Å²) >= 11 is 5.66. The molecule has 0 aliphatic carbocycles. The molecule has 1 fully saturated rings. The van der Waals surface area contributed by atoms with Crippen LogP contribution < -0.4 is 16.4 Å². The lowest BCUT2D eigenvalue weighted by molar-refractivity contribution is -0.149. The predicted octanol–water partition coefficient (Wildman–Crippen LogP) is -0.992. The molecule has 0 spiro atoms. The molecule has 178 valence electrons. The van der Waals surface area contributed by atoms with E-state index in [-0.39, 0.29) is 12.2 Å². The highest BCUT2D eigenvalue weighted by molar-refractivity contribution is 7.98. The number of rotatable bonds is 12. The van der Waals surface area contributed by atoms with E-state index in [9.17, 15) is 24.3 Å². The van der Waals surface area contributed by atoms with Gasteiger partial charge in [0.05, 0.1) is 12.4 Å². The van der Waals surface area contributed by atoms with E-state index in [1.165, 1.54) is 23.0 Å². The second-order valence-electron chi connectivity index (χ2n) is 7.50. The number of nitrogens with two attached hydrogens (primary N) is 1. The highest BCUT2D eigenvalue weighted by atomic mass is 32.2. The number of carbonyl (C=O) groups excluding carboxylic acids is 3. The third kappa shape index (κ3) is 7.14. The number of imidazole rings is 1. The summed E-state index contributed by atoms with van der Waals surface area (Å²) in [6.45, 7) is 0.330. The van der Waals surface area contributed by atoms with Crippen molar-refractivity contribution in [3.63, 3.8) is 0 Å². The van der Waals surface area contributed by atoms with Gasteiger partial charge in [-0.05, 0) is 31.3 Å². The quantitative estimate of drug-likeness (QED) is 0.204. The number of thiol groups is 1. The molecule has 1 aliphatic rings. The van der Waals surface area contributed by atoms with Crippen LogP contribution in [-0.4, -0.2) is 92.1 Å². The monoisotopic (exact) mass is 486 g/mol. The maximum atomic E-state index is 13.0. The van der Waals surface area contributed by atoms with E-state index in [2.05, 4.69) is 33.2 Å². The highest BCUT2D eigenvalue weighted by Crippen LogP contribution is 2.19. The number of H-pyrrole nitrogens is 1. The number of hydrogen-bond acceptors (Lipinski definition) is 8. The summed E-state index contributed by atoms with van der Waals surface area (Å²) < 4.78 is 0. The number of thioether (sulfide) groups is 1. The van der Waals surface area contributed by atoms with Crippen LogP contribution in [0.2, 0.25) is 0 Å². The molecule has 2 rings (SSSR count). The van der Waals surface area contributed by atoms with Crippen LogP contribution >= 0.6 is 24.4 Å². The Morgan fingerprint density at radius 2 is 2.06 bits per heavy atom. The Morgan fingerprint density at radius 3 is 2.66 bits per heavy atom. The zero-order valence-corrected chi connectivity index (χ0v) is 19.5. The maximum Gasteiger partial charge on any atom is 0.326 e. The summed E-state index contributed by atoms with van der Waals surface area (Å²) in [6.07, 6.45) is 6.43. The van der Waals surface area contributed by atoms with Crippen molar-refractivity contribution < 1.29 is 24.3 Å². The molecular weight excluding hydrogens is 456 g/mol. The first kappa shape index (κ1) is 26.0. The van der Waals surface area contributed by atoms with E-state index < -0.39 is 47.9 Å². The lowest BCUT2D eigenvalue weighted by Gasteiger charge is -2.28. The fourth-order valence-electron chi connectivity index (χ4n) is 3.45.